The highest BCUT2D eigenvalue weighted by Crippen LogP contribution is 2.30. The molecule has 0 unspecified atom stereocenters. The van der Waals surface area contributed by atoms with Gasteiger partial charge >= 0.3 is 0 Å². The molecule has 4 heterocycles. The van der Waals surface area contributed by atoms with E-state index in [1.165, 1.54) is 0 Å². The molecule has 33 heavy (non-hydrogen) atoms. The van der Waals surface area contributed by atoms with E-state index in [1.54, 1.807) is 17.5 Å². The van der Waals surface area contributed by atoms with Gasteiger partial charge < -0.3 is 10.2 Å². The summed E-state index contributed by atoms with van der Waals surface area (Å²) in [7, 11) is 0. The zero-order valence-corrected chi connectivity index (χ0v) is 21.0. The average Bonchev–Trinajstić information content (AvgIpc) is 3.48. The number of nitrogens with zero attached hydrogens (tertiary/aromatic N) is 4. The van der Waals surface area contributed by atoms with E-state index in [-0.39, 0.29) is 5.91 Å². The van der Waals surface area contributed by atoms with E-state index < -0.39 is 0 Å². The van der Waals surface area contributed by atoms with Crippen LogP contribution in [-0.4, -0.2) is 45.0 Å². The summed E-state index contributed by atoms with van der Waals surface area (Å²) in [6, 6.07) is 11.7. The smallest absolute Gasteiger partial charge is 0.227 e. The summed E-state index contributed by atoms with van der Waals surface area (Å²) in [5.41, 5.74) is 3.53. The molecule has 5 rings (SSSR count). The molecule has 1 aliphatic heterocycles. The maximum atomic E-state index is 12.6. The molecule has 0 bridgehead atoms. The number of halogens is 2. The molecule has 0 aliphatic carbocycles. The fraction of sp³-hybridized carbons (Fsp3) is 0.292. The second kappa shape index (κ2) is 9.83. The molecule has 1 aromatic carbocycles. The largest absolute Gasteiger partial charge is 0.370 e. The van der Waals surface area contributed by atoms with Crippen molar-refractivity contribution in [2.75, 3.05) is 25.0 Å². The van der Waals surface area contributed by atoms with Gasteiger partial charge in [-0.2, -0.15) is 21.0 Å². The number of amides is 1. The number of likely N-dealkylation sites (tertiary alicyclic amines) is 1. The number of fused-ring (bicyclic) bond motifs is 1. The molecule has 4 aromatic rings. The molecule has 1 saturated heterocycles. The number of carbonyl (C=O) groups excluding carboxylic acids is 1. The Balaban J connectivity index is 1.26. The molecular formula is C24H23BrClN5OS. The lowest BCUT2D eigenvalue weighted by Crippen LogP contribution is -2.40. The van der Waals surface area contributed by atoms with Crippen LogP contribution in [0.25, 0.3) is 16.9 Å². The van der Waals surface area contributed by atoms with Crippen molar-refractivity contribution in [2.45, 2.75) is 19.3 Å². The number of hydrogen-bond donors (Lipinski definition) is 1. The van der Waals surface area contributed by atoms with E-state index in [0.29, 0.717) is 17.4 Å². The zero-order valence-electron chi connectivity index (χ0n) is 17.9. The molecule has 0 radical (unpaired) electrons. The summed E-state index contributed by atoms with van der Waals surface area (Å²) >= 11 is 11.6. The van der Waals surface area contributed by atoms with Crippen LogP contribution in [0.3, 0.4) is 0 Å². The van der Waals surface area contributed by atoms with Gasteiger partial charge in [-0.3, -0.25) is 4.79 Å². The standard InChI is InChI=1S/C24H23BrClN5OS/c25-19-14-28-31-22(12-21(29-24(19)31)18-3-1-2-4-20(18)26)27-13-16-5-8-30(9-6-16)23(32)11-17-7-10-33-15-17/h1-4,7,10,12,14-16,27H,5-6,8-9,11,13H2. The molecule has 0 atom stereocenters. The lowest BCUT2D eigenvalue weighted by atomic mass is 9.96. The molecule has 6 nitrogen and oxygen atoms in total. The van der Waals surface area contributed by atoms with Crippen LogP contribution in [0.5, 0.6) is 0 Å². The number of nitrogens with one attached hydrogen (secondary N) is 1. The predicted molar refractivity (Wildman–Crippen MR) is 137 cm³/mol. The summed E-state index contributed by atoms with van der Waals surface area (Å²) in [6.07, 6.45) is 4.22. The highest BCUT2D eigenvalue weighted by molar-refractivity contribution is 9.10. The van der Waals surface area contributed by atoms with Crippen LogP contribution in [0.15, 0.2) is 57.8 Å². The Kier molecular flexibility index (Phi) is 6.66. The number of rotatable bonds is 6. The Morgan fingerprint density at radius 2 is 2.06 bits per heavy atom. The first kappa shape index (κ1) is 22.4. The van der Waals surface area contributed by atoms with Gasteiger partial charge in [0.1, 0.15) is 5.82 Å². The van der Waals surface area contributed by atoms with Crippen molar-refractivity contribution in [1.82, 2.24) is 19.5 Å². The van der Waals surface area contributed by atoms with Gasteiger partial charge in [-0.25, -0.2) is 4.98 Å². The van der Waals surface area contributed by atoms with Crippen molar-refractivity contribution in [3.63, 3.8) is 0 Å². The van der Waals surface area contributed by atoms with Crippen molar-refractivity contribution >= 4 is 56.2 Å². The van der Waals surface area contributed by atoms with Gasteiger partial charge in [0, 0.05) is 36.3 Å². The third-order valence-corrected chi connectivity index (χ3v) is 7.67. The number of benzene rings is 1. The fourth-order valence-electron chi connectivity index (χ4n) is 4.18. The van der Waals surface area contributed by atoms with E-state index in [4.69, 9.17) is 16.6 Å². The van der Waals surface area contributed by atoms with Crippen LogP contribution >= 0.6 is 38.9 Å². The predicted octanol–water partition coefficient (Wildman–Crippen LogP) is 5.77. The molecule has 170 valence electrons. The Bertz CT molecular complexity index is 1270. The summed E-state index contributed by atoms with van der Waals surface area (Å²) in [4.78, 5) is 19.3. The zero-order chi connectivity index (χ0) is 22.8. The van der Waals surface area contributed by atoms with Crippen molar-refractivity contribution < 1.29 is 4.79 Å². The Labute approximate surface area is 209 Å². The van der Waals surface area contributed by atoms with Gasteiger partial charge in [-0.1, -0.05) is 29.8 Å². The minimum Gasteiger partial charge on any atom is -0.370 e. The Morgan fingerprint density at radius 1 is 1.24 bits per heavy atom. The summed E-state index contributed by atoms with van der Waals surface area (Å²) < 4.78 is 2.64. The van der Waals surface area contributed by atoms with Gasteiger partial charge in [0.05, 0.1) is 22.8 Å². The van der Waals surface area contributed by atoms with Gasteiger partial charge in [0.25, 0.3) is 0 Å². The van der Waals surface area contributed by atoms with Gasteiger partial charge in [-0.15, -0.1) is 0 Å². The normalized spacial score (nSPS) is 14.7. The second-order valence-corrected chi connectivity index (χ2v) is 10.3. The van der Waals surface area contributed by atoms with E-state index in [2.05, 4.69) is 31.7 Å². The topological polar surface area (TPSA) is 62.5 Å². The van der Waals surface area contributed by atoms with Crippen molar-refractivity contribution in [3.8, 4) is 11.3 Å². The third kappa shape index (κ3) is 4.93. The highest BCUT2D eigenvalue weighted by Gasteiger charge is 2.23. The number of hydrogen-bond acceptors (Lipinski definition) is 5. The van der Waals surface area contributed by atoms with Crippen LogP contribution in [0.1, 0.15) is 18.4 Å². The molecular weight excluding hydrogens is 522 g/mol. The Morgan fingerprint density at radius 3 is 2.82 bits per heavy atom. The Hall–Kier alpha value is -2.42. The fourth-order valence-corrected chi connectivity index (χ4v) is 5.43. The first-order chi connectivity index (χ1) is 16.1. The molecule has 1 fully saturated rings. The number of piperidine rings is 1. The summed E-state index contributed by atoms with van der Waals surface area (Å²) in [5, 5.41) is 12.8. The lowest BCUT2D eigenvalue weighted by molar-refractivity contribution is -0.131. The first-order valence-electron chi connectivity index (χ1n) is 10.9. The maximum Gasteiger partial charge on any atom is 0.227 e. The molecule has 9 heteroatoms. The lowest BCUT2D eigenvalue weighted by Gasteiger charge is -2.32. The molecule has 1 amide bonds. The summed E-state index contributed by atoms with van der Waals surface area (Å²) in [5.74, 6) is 1.58. The van der Waals surface area contributed by atoms with Crippen LogP contribution in [0.4, 0.5) is 5.82 Å². The second-order valence-electron chi connectivity index (χ2n) is 8.25. The number of carbonyl (C=O) groups is 1. The highest BCUT2D eigenvalue weighted by atomic mass is 79.9. The quantitative estimate of drug-likeness (QED) is 0.335. The van der Waals surface area contributed by atoms with E-state index >= 15 is 0 Å². The van der Waals surface area contributed by atoms with Gasteiger partial charge in [-0.05, 0) is 63.1 Å². The summed E-state index contributed by atoms with van der Waals surface area (Å²) in [6.45, 7) is 2.42. The van der Waals surface area contributed by atoms with E-state index in [0.717, 1.165) is 65.2 Å². The maximum absolute atomic E-state index is 12.6. The monoisotopic (exact) mass is 543 g/mol. The minimum atomic E-state index is 0.224. The third-order valence-electron chi connectivity index (χ3n) is 6.05. The minimum absolute atomic E-state index is 0.224. The van der Waals surface area contributed by atoms with Crippen LogP contribution in [0.2, 0.25) is 5.02 Å². The number of anilines is 1. The molecule has 1 N–H and O–H groups in total. The first-order valence-corrected chi connectivity index (χ1v) is 13.0. The number of aromatic nitrogens is 3. The SMILES string of the molecule is O=C(Cc1ccsc1)N1CCC(CNc2cc(-c3ccccc3Cl)nc3c(Br)cnn23)CC1. The van der Waals surface area contributed by atoms with Gasteiger partial charge in [0.15, 0.2) is 5.65 Å². The number of thiophene rings is 1. The van der Waals surface area contributed by atoms with Crippen LogP contribution < -0.4 is 5.32 Å². The average molecular weight is 545 g/mol. The molecule has 0 saturated carbocycles. The molecule has 0 spiro atoms. The van der Waals surface area contributed by atoms with Crippen molar-refractivity contribution in [3.05, 3.63) is 68.4 Å². The van der Waals surface area contributed by atoms with Crippen LogP contribution in [0, 0.1) is 5.92 Å². The van der Waals surface area contributed by atoms with Crippen molar-refractivity contribution in [1.29, 1.82) is 0 Å². The van der Waals surface area contributed by atoms with Crippen molar-refractivity contribution in [2.24, 2.45) is 5.92 Å². The molecule has 3 aromatic heterocycles. The molecule has 1 aliphatic rings. The van der Waals surface area contributed by atoms with Crippen LogP contribution in [-0.2, 0) is 11.2 Å². The van der Waals surface area contributed by atoms with E-state index in [1.807, 2.05) is 51.2 Å². The van der Waals surface area contributed by atoms with Gasteiger partial charge in [0.2, 0.25) is 5.91 Å². The van der Waals surface area contributed by atoms with E-state index in [9.17, 15) is 4.79 Å².